The molecule has 2 N–H and O–H groups in total. The third-order valence-corrected chi connectivity index (χ3v) is 9.73. The first kappa shape index (κ1) is 33.3. The number of carbonyl (C=O) groups excluding carboxylic acids is 2. The highest BCUT2D eigenvalue weighted by atomic mass is 32.2. The number of hydrogen-bond donors (Lipinski definition) is 2. The minimum Gasteiger partial charge on any atom is -0.478 e. The number of carboxylic acid groups (broad SMARTS) is 1. The minimum absolute atomic E-state index is 0.0616. The summed E-state index contributed by atoms with van der Waals surface area (Å²) < 4.78 is 24.3. The first-order chi connectivity index (χ1) is 17.2. The van der Waals surface area contributed by atoms with Gasteiger partial charge in [0.25, 0.3) is 0 Å². The van der Waals surface area contributed by atoms with E-state index in [0.717, 1.165) is 11.8 Å². The summed E-state index contributed by atoms with van der Waals surface area (Å²) in [6, 6.07) is 6.68. The van der Waals surface area contributed by atoms with Gasteiger partial charge in [-0.3, -0.25) is 9.59 Å². The Morgan fingerprint density at radius 2 is 1.47 bits per heavy atom. The third kappa shape index (κ3) is 7.02. The van der Waals surface area contributed by atoms with Crippen molar-refractivity contribution in [3.8, 4) is 0 Å². The molecule has 0 aliphatic rings. The predicted molar refractivity (Wildman–Crippen MR) is 151 cm³/mol. The quantitative estimate of drug-likeness (QED) is 0.383. The van der Waals surface area contributed by atoms with Crippen molar-refractivity contribution in [2.45, 2.75) is 76.8 Å². The number of benzene rings is 1. The number of sulfone groups is 1. The van der Waals surface area contributed by atoms with Crippen LogP contribution in [-0.2, 0) is 29.6 Å². The van der Waals surface area contributed by atoms with E-state index >= 15 is 0 Å². The molecule has 2 amide bonds. The molecule has 9 nitrogen and oxygen atoms in total. The Kier molecular flexibility index (Phi) is 10.9. The highest BCUT2D eigenvalue weighted by Crippen LogP contribution is 2.32. The van der Waals surface area contributed by atoms with E-state index in [-0.39, 0.29) is 11.5 Å². The van der Waals surface area contributed by atoms with Crippen LogP contribution in [0.1, 0.15) is 54.0 Å². The molecule has 0 spiro atoms. The van der Waals surface area contributed by atoms with Gasteiger partial charge in [0, 0.05) is 31.3 Å². The maximum absolute atomic E-state index is 14.1. The van der Waals surface area contributed by atoms with E-state index in [2.05, 4.69) is 5.32 Å². The molecular formula is C28H45N3O6S. The van der Waals surface area contributed by atoms with E-state index in [1.54, 1.807) is 7.05 Å². The van der Waals surface area contributed by atoms with Crippen LogP contribution in [0.15, 0.2) is 42.0 Å². The normalized spacial score (nSPS) is 15.5. The lowest BCUT2D eigenvalue weighted by Gasteiger charge is -2.44. The summed E-state index contributed by atoms with van der Waals surface area (Å²) in [5.41, 5.74) is 0.266. The van der Waals surface area contributed by atoms with Crippen molar-refractivity contribution in [2.24, 2.45) is 5.92 Å². The monoisotopic (exact) mass is 551 g/mol. The number of nitrogens with one attached hydrogen (secondary N) is 1. The van der Waals surface area contributed by atoms with Crippen molar-refractivity contribution in [3.63, 3.8) is 0 Å². The van der Waals surface area contributed by atoms with Gasteiger partial charge in [-0.1, -0.05) is 64.1 Å². The second-order valence-electron chi connectivity index (χ2n) is 11.4. The smallest absolute Gasteiger partial charge is 0.331 e. The van der Waals surface area contributed by atoms with Crippen molar-refractivity contribution in [1.29, 1.82) is 0 Å². The van der Waals surface area contributed by atoms with Crippen molar-refractivity contribution < 1.29 is 27.9 Å². The first-order valence-corrected chi connectivity index (χ1v) is 14.5. The van der Waals surface area contributed by atoms with Gasteiger partial charge in [-0.25, -0.2) is 13.2 Å². The van der Waals surface area contributed by atoms with Crippen LogP contribution in [0, 0.1) is 5.92 Å². The highest BCUT2D eigenvalue weighted by Gasteiger charge is 2.50. The molecule has 0 bridgehead atoms. The fraction of sp³-hybridized carbons (Fsp3) is 0.607. The molecule has 1 aromatic carbocycles. The number of rotatable bonds is 12. The molecule has 0 fully saturated rings. The summed E-state index contributed by atoms with van der Waals surface area (Å²) in [5.74, 6) is -2.33. The number of likely N-dealkylation sites (N-methyl/N-ethyl adjacent to an activating group) is 3. The number of carboxylic acids is 1. The summed E-state index contributed by atoms with van der Waals surface area (Å²) in [4.78, 5) is 42.1. The molecule has 0 saturated carbocycles. The van der Waals surface area contributed by atoms with Crippen LogP contribution in [-0.4, -0.2) is 91.4 Å². The molecule has 3 atom stereocenters. The molecule has 0 aliphatic carbocycles. The summed E-state index contributed by atoms with van der Waals surface area (Å²) in [6.45, 7) is 11.8. The lowest BCUT2D eigenvalue weighted by Crippen LogP contribution is -2.65. The number of hydrogen-bond acceptors (Lipinski definition) is 6. The van der Waals surface area contributed by atoms with Gasteiger partial charge in [-0.15, -0.1) is 0 Å². The maximum atomic E-state index is 14.1. The fourth-order valence-electron chi connectivity index (χ4n) is 4.71. The van der Waals surface area contributed by atoms with E-state index < -0.39 is 55.9 Å². The van der Waals surface area contributed by atoms with Crippen LogP contribution >= 0.6 is 0 Å². The number of amides is 2. The predicted octanol–water partition coefficient (Wildman–Crippen LogP) is 2.72. The number of aliphatic carboxylic acids is 1. The molecule has 0 aromatic heterocycles. The lowest BCUT2D eigenvalue weighted by molar-refractivity contribution is -0.148. The molecule has 1 aromatic rings. The SMILES string of the molecule is CN[C@H](C(=O)N(C)[C@H](C(=O)N(C)[C@@H](/C=C(\C)C(=O)O)C(C)C)C(C)(C)S(C)(=O)=O)C(C)(C)c1ccccc1. The zero-order valence-corrected chi connectivity index (χ0v) is 25.4. The lowest BCUT2D eigenvalue weighted by atomic mass is 9.77. The minimum atomic E-state index is -3.83. The summed E-state index contributed by atoms with van der Waals surface area (Å²) in [7, 11) is 0.770. The Balaban J connectivity index is 3.68. The maximum Gasteiger partial charge on any atom is 0.331 e. The van der Waals surface area contributed by atoms with Gasteiger partial charge in [0.2, 0.25) is 11.8 Å². The summed E-state index contributed by atoms with van der Waals surface area (Å²) in [6.07, 6.45) is 2.52. The Bertz CT molecular complexity index is 1140. The molecule has 0 unspecified atom stereocenters. The summed E-state index contributed by atoms with van der Waals surface area (Å²) >= 11 is 0. The first-order valence-electron chi connectivity index (χ1n) is 12.6. The van der Waals surface area contributed by atoms with Crippen LogP contribution in [0.2, 0.25) is 0 Å². The third-order valence-electron chi connectivity index (χ3n) is 7.59. The van der Waals surface area contributed by atoms with Crippen molar-refractivity contribution in [2.75, 3.05) is 27.4 Å². The van der Waals surface area contributed by atoms with Gasteiger partial charge in [-0.2, -0.15) is 0 Å². The van der Waals surface area contributed by atoms with Gasteiger partial charge < -0.3 is 20.2 Å². The van der Waals surface area contributed by atoms with Crippen LogP contribution < -0.4 is 5.32 Å². The molecule has 10 heteroatoms. The van der Waals surface area contributed by atoms with Crippen LogP contribution in [0.5, 0.6) is 0 Å². The van der Waals surface area contributed by atoms with Gasteiger partial charge >= 0.3 is 5.97 Å². The van der Waals surface area contributed by atoms with Crippen LogP contribution in [0.3, 0.4) is 0 Å². The molecule has 0 radical (unpaired) electrons. The molecule has 1 rings (SSSR count). The largest absolute Gasteiger partial charge is 0.478 e. The second kappa shape index (κ2) is 12.4. The standard InChI is InChI=1S/C28H45N3O6S/c1-18(2)21(17-19(3)26(34)35)30(9)25(33)23(28(6,7)38(11,36)37)31(10)24(32)22(29-8)27(4,5)20-15-13-12-14-16-20/h12-18,21-23,29H,1-11H3,(H,34,35)/b19-17+/t21-,22+,23+/m0/s1. The summed E-state index contributed by atoms with van der Waals surface area (Å²) in [5, 5.41) is 12.5. The molecule has 0 saturated heterocycles. The fourth-order valence-corrected chi connectivity index (χ4v) is 5.37. The van der Waals surface area contributed by atoms with Crippen molar-refractivity contribution in [3.05, 3.63) is 47.5 Å². The zero-order valence-electron chi connectivity index (χ0n) is 24.6. The Morgan fingerprint density at radius 3 is 1.87 bits per heavy atom. The van der Waals surface area contributed by atoms with Crippen LogP contribution in [0.25, 0.3) is 0 Å². The molecule has 0 heterocycles. The topological polar surface area (TPSA) is 124 Å². The van der Waals surface area contributed by atoms with Crippen molar-refractivity contribution >= 4 is 27.6 Å². The zero-order chi connectivity index (χ0) is 29.8. The van der Waals surface area contributed by atoms with E-state index in [9.17, 15) is 27.9 Å². The van der Waals surface area contributed by atoms with Crippen LogP contribution in [0.4, 0.5) is 0 Å². The van der Waals surface area contributed by atoms with Gasteiger partial charge in [0.05, 0.1) is 16.8 Å². The van der Waals surface area contributed by atoms with E-state index in [1.165, 1.54) is 50.7 Å². The Hall–Kier alpha value is -2.72. The van der Waals surface area contributed by atoms with Gasteiger partial charge in [-0.05, 0) is 39.3 Å². The van der Waals surface area contributed by atoms with Gasteiger partial charge in [0.15, 0.2) is 9.84 Å². The van der Waals surface area contributed by atoms with E-state index in [1.807, 2.05) is 58.0 Å². The van der Waals surface area contributed by atoms with E-state index in [0.29, 0.717) is 0 Å². The molecule has 214 valence electrons. The molecular weight excluding hydrogens is 506 g/mol. The second-order valence-corrected chi connectivity index (χ2v) is 14.0. The number of carbonyl (C=O) groups is 3. The average Bonchev–Trinajstić information content (AvgIpc) is 2.81. The molecule has 0 aliphatic heterocycles. The Labute approximate surface area is 228 Å². The van der Waals surface area contributed by atoms with Crippen molar-refractivity contribution in [1.82, 2.24) is 15.1 Å². The highest BCUT2D eigenvalue weighted by molar-refractivity contribution is 7.92. The average molecular weight is 552 g/mol. The Morgan fingerprint density at radius 1 is 0.974 bits per heavy atom. The van der Waals surface area contributed by atoms with E-state index in [4.69, 9.17) is 0 Å². The van der Waals surface area contributed by atoms with Gasteiger partial charge in [0.1, 0.15) is 6.04 Å². The number of nitrogens with zero attached hydrogens (tertiary/aromatic N) is 2. The molecule has 38 heavy (non-hydrogen) atoms.